The lowest BCUT2D eigenvalue weighted by atomic mass is 9.92. The van der Waals surface area contributed by atoms with E-state index in [2.05, 4.69) is 31.2 Å². The summed E-state index contributed by atoms with van der Waals surface area (Å²) in [6.45, 7) is 7.94. The molecule has 0 amide bonds. The number of benzene rings is 1. The summed E-state index contributed by atoms with van der Waals surface area (Å²) in [6, 6.07) is 4.40. The van der Waals surface area contributed by atoms with Gasteiger partial charge >= 0.3 is 0 Å². The number of nitrogens with zero attached hydrogens (tertiary/aromatic N) is 1. The second kappa shape index (κ2) is 6.52. The molecule has 19 heavy (non-hydrogen) atoms. The molecule has 106 valence electrons. The average molecular weight is 267 g/mol. The van der Waals surface area contributed by atoms with Crippen molar-refractivity contribution in [3.05, 3.63) is 35.1 Å². The Hall–Kier alpha value is -1.62. The minimum atomic E-state index is -0.392. The minimum Gasteiger partial charge on any atom is -0.409 e. The first kappa shape index (κ1) is 15.4. The van der Waals surface area contributed by atoms with Crippen LogP contribution < -0.4 is 11.1 Å². The molecule has 5 heteroatoms. The molecule has 0 aliphatic rings. The molecule has 0 fully saturated rings. The SMILES string of the molecule is CC(C)(C)CCNCc1cc(F)cc(/C(N)=N/O)c1. The number of nitrogens with one attached hydrogen (secondary N) is 1. The van der Waals surface area contributed by atoms with Gasteiger partial charge in [0.1, 0.15) is 5.82 Å². The summed E-state index contributed by atoms with van der Waals surface area (Å²) in [7, 11) is 0. The molecule has 1 rings (SSSR count). The van der Waals surface area contributed by atoms with Gasteiger partial charge in [0.05, 0.1) is 0 Å². The molecule has 0 saturated heterocycles. The molecular weight excluding hydrogens is 245 g/mol. The molecule has 4 nitrogen and oxygen atoms in total. The third-order valence-electron chi connectivity index (χ3n) is 2.74. The normalized spacial score (nSPS) is 12.7. The number of nitrogens with two attached hydrogens (primary N) is 1. The maximum atomic E-state index is 13.4. The van der Waals surface area contributed by atoms with E-state index in [1.807, 2.05) is 0 Å². The second-order valence-electron chi connectivity index (χ2n) is 5.82. The Kier molecular flexibility index (Phi) is 5.30. The standard InChI is InChI=1S/C14H22FN3O/c1-14(2,3)4-5-17-9-10-6-11(13(16)18-19)8-12(15)7-10/h6-8,17,19H,4-5,9H2,1-3H3,(H2,16,18). The Morgan fingerprint density at radius 3 is 2.63 bits per heavy atom. The van der Waals surface area contributed by atoms with Crippen LogP contribution in [0.4, 0.5) is 4.39 Å². The molecule has 0 unspecified atom stereocenters. The summed E-state index contributed by atoms with van der Waals surface area (Å²) >= 11 is 0. The largest absolute Gasteiger partial charge is 0.409 e. The van der Waals surface area contributed by atoms with Crippen molar-refractivity contribution in [1.82, 2.24) is 5.32 Å². The van der Waals surface area contributed by atoms with Crippen molar-refractivity contribution in [2.75, 3.05) is 6.54 Å². The molecule has 0 saturated carbocycles. The number of oxime groups is 1. The van der Waals surface area contributed by atoms with Crippen LogP contribution in [0, 0.1) is 11.2 Å². The van der Waals surface area contributed by atoms with Gasteiger partial charge in [-0.15, -0.1) is 0 Å². The molecule has 1 aromatic carbocycles. The van der Waals surface area contributed by atoms with Crippen LogP contribution in [0.1, 0.15) is 38.3 Å². The first-order chi connectivity index (χ1) is 8.81. The zero-order valence-electron chi connectivity index (χ0n) is 11.7. The lowest BCUT2D eigenvalue weighted by Crippen LogP contribution is -2.21. The molecule has 0 bridgehead atoms. The molecule has 0 aliphatic carbocycles. The molecular formula is C14H22FN3O. The summed E-state index contributed by atoms with van der Waals surface area (Å²) in [5, 5.41) is 14.7. The van der Waals surface area contributed by atoms with E-state index in [1.54, 1.807) is 6.07 Å². The van der Waals surface area contributed by atoms with E-state index in [4.69, 9.17) is 10.9 Å². The molecule has 1 aromatic rings. The second-order valence-corrected chi connectivity index (χ2v) is 5.82. The Bertz CT molecular complexity index is 452. The number of rotatable bonds is 5. The third kappa shape index (κ3) is 5.70. The number of hydrogen-bond donors (Lipinski definition) is 3. The highest BCUT2D eigenvalue weighted by atomic mass is 19.1. The van der Waals surface area contributed by atoms with Crippen LogP contribution in [-0.4, -0.2) is 17.6 Å². The van der Waals surface area contributed by atoms with E-state index in [0.29, 0.717) is 12.1 Å². The van der Waals surface area contributed by atoms with Gasteiger partial charge in [-0.05, 0) is 42.1 Å². The van der Waals surface area contributed by atoms with Crippen LogP contribution in [-0.2, 0) is 6.54 Å². The van der Waals surface area contributed by atoms with Gasteiger partial charge < -0.3 is 16.3 Å². The lowest BCUT2D eigenvalue weighted by Gasteiger charge is -2.18. The Labute approximate surface area is 113 Å². The monoisotopic (exact) mass is 267 g/mol. The highest BCUT2D eigenvalue weighted by molar-refractivity contribution is 5.97. The van der Waals surface area contributed by atoms with Crippen molar-refractivity contribution in [1.29, 1.82) is 0 Å². The minimum absolute atomic E-state index is 0.0876. The van der Waals surface area contributed by atoms with Gasteiger partial charge in [0.2, 0.25) is 0 Å². The Balaban J connectivity index is 2.62. The first-order valence-corrected chi connectivity index (χ1v) is 6.30. The van der Waals surface area contributed by atoms with Gasteiger partial charge in [-0.3, -0.25) is 0 Å². The van der Waals surface area contributed by atoms with Crippen molar-refractivity contribution >= 4 is 5.84 Å². The quantitative estimate of drug-likeness (QED) is 0.252. The molecule has 0 atom stereocenters. The molecule has 0 spiro atoms. The highest BCUT2D eigenvalue weighted by Gasteiger charge is 2.09. The highest BCUT2D eigenvalue weighted by Crippen LogP contribution is 2.17. The maximum absolute atomic E-state index is 13.4. The fourth-order valence-corrected chi connectivity index (χ4v) is 1.65. The van der Waals surface area contributed by atoms with Crippen LogP contribution in [0.5, 0.6) is 0 Å². The van der Waals surface area contributed by atoms with Crippen molar-refractivity contribution < 1.29 is 9.60 Å². The van der Waals surface area contributed by atoms with Gasteiger partial charge in [-0.25, -0.2) is 4.39 Å². The van der Waals surface area contributed by atoms with Crippen molar-refractivity contribution in [3.8, 4) is 0 Å². The molecule has 0 radical (unpaired) electrons. The zero-order valence-corrected chi connectivity index (χ0v) is 11.7. The third-order valence-corrected chi connectivity index (χ3v) is 2.74. The summed E-state index contributed by atoms with van der Waals surface area (Å²) < 4.78 is 13.4. The molecule has 0 aliphatic heterocycles. The van der Waals surface area contributed by atoms with Gasteiger partial charge in [0.25, 0.3) is 0 Å². The van der Waals surface area contributed by atoms with Crippen LogP contribution in [0.25, 0.3) is 0 Å². The van der Waals surface area contributed by atoms with Crippen LogP contribution in [0.2, 0.25) is 0 Å². The summed E-state index contributed by atoms with van der Waals surface area (Å²) in [6.07, 6.45) is 1.04. The number of amidine groups is 1. The summed E-state index contributed by atoms with van der Waals surface area (Å²) in [5.41, 5.74) is 6.89. The van der Waals surface area contributed by atoms with Crippen LogP contribution in [0.3, 0.4) is 0 Å². The van der Waals surface area contributed by atoms with E-state index in [0.717, 1.165) is 18.5 Å². The maximum Gasteiger partial charge on any atom is 0.170 e. The zero-order chi connectivity index (χ0) is 14.5. The summed E-state index contributed by atoms with van der Waals surface area (Å²) in [5.74, 6) is -0.479. The van der Waals surface area contributed by atoms with Gasteiger partial charge in [0, 0.05) is 12.1 Å². The predicted molar refractivity (Wildman–Crippen MR) is 74.7 cm³/mol. The van der Waals surface area contributed by atoms with E-state index in [9.17, 15) is 4.39 Å². The van der Waals surface area contributed by atoms with Crippen molar-refractivity contribution in [2.45, 2.75) is 33.7 Å². The van der Waals surface area contributed by atoms with Crippen molar-refractivity contribution in [2.24, 2.45) is 16.3 Å². The topological polar surface area (TPSA) is 70.6 Å². The van der Waals surface area contributed by atoms with E-state index >= 15 is 0 Å². The number of halogens is 1. The first-order valence-electron chi connectivity index (χ1n) is 6.30. The fraction of sp³-hybridized carbons (Fsp3) is 0.500. The van der Waals surface area contributed by atoms with Gasteiger partial charge in [0.15, 0.2) is 5.84 Å². The Morgan fingerprint density at radius 1 is 1.37 bits per heavy atom. The van der Waals surface area contributed by atoms with Crippen molar-refractivity contribution in [3.63, 3.8) is 0 Å². The predicted octanol–water partition coefficient (Wildman–Crippen LogP) is 2.45. The summed E-state index contributed by atoms with van der Waals surface area (Å²) in [4.78, 5) is 0. The van der Waals surface area contributed by atoms with E-state index in [-0.39, 0.29) is 11.3 Å². The average Bonchev–Trinajstić information content (AvgIpc) is 2.32. The van der Waals surface area contributed by atoms with Gasteiger partial charge in [-0.1, -0.05) is 25.9 Å². The van der Waals surface area contributed by atoms with Crippen LogP contribution in [0.15, 0.2) is 23.4 Å². The molecule has 0 heterocycles. The fourth-order valence-electron chi connectivity index (χ4n) is 1.65. The smallest absolute Gasteiger partial charge is 0.170 e. The molecule has 0 aromatic heterocycles. The molecule has 4 N–H and O–H groups in total. The van der Waals surface area contributed by atoms with Gasteiger partial charge in [-0.2, -0.15) is 0 Å². The van der Waals surface area contributed by atoms with Crippen LogP contribution >= 0.6 is 0 Å². The van der Waals surface area contributed by atoms with E-state index < -0.39 is 5.82 Å². The van der Waals surface area contributed by atoms with E-state index in [1.165, 1.54) is 12.1 Å². The number of hydrogen-bond acceptors (Lipinski definition) is 3. The Morgan fingerprint density at radius 2 is 2.05 bits per heavy atom. The lowest BCUT2D eigenvalue weighted by molar-refractivity contribution is 0.318.